The fourth-order valence-electron chi connectivity index (χ4n) is 2.44. The van der Waals surface area contributed by atoms with Crippen molar-refractivity contribution in [2.24, 2.45) is 5.73 Å². The summed E-state index contributed by atoms with van der Waals surface area (Å²) in [5.74, 6) is 0. The Kier molecular flexibility index (Phi) is 5.67. The molecule has 3 aromatic rings. The number of hydrogen-bond acceptors (Lipinski definition) is 7. The third-order valence-corrected chi connectivity index (χ3v) is 5.07. The minimum Gasteiger partial charge on any atom is -0.359 e. The third-order valence-electron chi connectivity index (χ3n) is 3.57. The summed E-state index contributed by atoms with van der Waals surface area (Å²) in [6.07, 6.45) is 3.84. The Balaban J connectivity index is 2.05. The molecule has 1 aromatic carbocycles. The third kappa shape index (κ3) is 4.18. The molecule has 0 radical (unpaired) electrons. The smallest absolute Gasteiger partial charge is 0.188 e. The highest BCUT2D eigenvalue weighted by Gasteiger charge is 2.13. The van der Waals surface area contributed by atoms with E-state index in [0.29, 0.717) is 12.6 Å². The van der Waals surface area contributed by atoms with Gasteiger partial charge in [0.2, 0.25) is 0 Å². The largest absolute Gasteiger partial charge is 0.359 e. The van der Waals surface area contributed by atoms with Crippen LogP contribution in [0.3, 0.4) is 0 Å². The molecule has 25 heavy (non-hydrogen) atoms. The molecule has 5 nitrogen and oxygen atoms in total. The van der Waals surface area contributed by atoms with Crippen LogP contribution in [0.15, 0.2) is 41.7 Å². The van der Waals surface area contributed by atoms with Crippen LogP contribution in [-0.4, -0.2) is 27.2 Å². The van der Waals surface area contributed by atoms with Crippen LogP contribution in [-0.2, 0) is 6.54 Å². The van der Waals surface area contributed by atoms with Crippen molar-refractivity contribution < 1.29 is 0 Å². The summed E-state index contributed by atoms with van der Waals surface area (Å²) in [6.45, 7) is 4.67. The molecule has 0 saturated carbocycles. The van der Waals surface area contributed by atoms with Crippen molar-refractivity contribution in [2.75, 3.05) is 11.6 Å². The minimum absolute atomic E-state index is 0.346. The molecule has 3 rings (SSSR count). The Bertz CT molecular complexity index is 860. The van der Waals surface area contributed by atoms with Crippen molar-refractivity contribution in [3.05, 3.63) is 42.1 Å². The summed E-state index contributed by atoms with van der Waals surface area (Å²) in [4.78, 5) is 14.8. The van der Waals surface area contributed by atoms with Crippen LogP contribution in [0, 0.1) is 0 Å². The van der Waals surface area contributed by atoms with E-state index in [1.807, 2.05) is 36.7 Å². The summed E-state index contributed by atoms with van der Waals surface area (Å²) in [7, 11) is 0. The van der Waals surface area contributed by atoms with E-state index in [9.17, 15) is 0 Å². The lowest BCUT2D eigenvalue weighted by Gasteiger charge is -2.09. The Morgan fingerprint density at radius 1 is 1.20 bits per heavy atom. The normalized spacial score (nSPS) is 11.1. The lowest BCUT2D eigenvalue weighted by atomic mass is 10.0. The molecule has 0 unspecified atom stereocenters. The summed E-state index contributed by atoms with van der Waals surface area (Å²) in [5, 5.41) is 4.97. The molecule has 0 atom stereocenters. The molecule has 2 aromatic heterocycles. The van der Waals surface area contributed by atoms with Crippen molar-refractivity contribution in [2.45, 2.75) is 31.6 Å². The monoisotopic (exact) mass is 371 g/mol. The Morgan fingerprint density at radius 2 is 1.96 bits per heavy atom. The number of benzene rings is 1. The van der Waals surface area contributed by atoms with Crippen molar-refractivity contribution in [1.29, 1.82) is 0 Å². The van der Waals surface area contributed by atoms with Gasteiger partial charge in [0.1, 0.15) is 0 Å². The second-order valence-corrected chi connectivity index (χ2v) is 7.62. The van der Waals surface area contributed by atoms with Crippen LogP contribution in [0.5, 0.6) is 0 Å². The molecule has 130 valence electrons. The van der Waals surface area contributed by atoms with E-state index in [1.54, 1.807) is 11.3 Å². The van der Waals surface area contributed by atoms with Crippen LogP contribution in [0.1, 0.15) is 19.4 Å². The van der Waals surface area contributed by atoms with Gasteiger partial charge in [-0.15, -0.1) is 0 Å². The lowest BCUT2D eigenvalue weighted by Crippen LogP contribution is -2.08. The van der Waals surface area contributed by atoms with Crippen molar-refractivity contribution >= 4 is 28.2 Å². The van der Waals surface area contributed by atoms with E-state index in [1.165, 1.54) is 11.8 Å². The highest BCUT2D eigenvalue weighted by molar-refractivity contribution is 7.98. The summed E-state index contributed by atoms with van der Waals surface area (Å²) in [5.41, 5.74) is 9.79. The predicted molar refractivity (Wildman–Crippen MR) is 107 cm³/mol. The highest BCUT2D eigenvalue weighted by atomic mass is 32.2. The van der Waals surface area contributed by atoms with Gasteiger partial charge in [0.25, 0.3) is 0 Å². The molecule has 0 amide bonds. The Hall–Kier alpha value is -1.96. The fraction of sp³-hybridized carbons (Fsp3) is 0.278. The first-order valence-electron chi connectivity index (χ1n) is 8.05. The molecule has 0 bridgehead atoms. The Morgan fingerprint density at radius 3 is 2.68 bits per heavy atom. The number of thioether (sulfide) groups is 1. The number of hydrogen-bond donors (Lipinski definition) is 2. The van der Waals surface area contributed by atoms with Gasteiger partial charge >= 0.3 is 0 Å². The molecule has 0 spiro atoms. The van der Waals surface area contributed by atoms with Gasteiger partial charge in [0.15, 0.2) is 10.3 Å². The number of nitrogens with zero attached hydrogens (tertiary/aromatic N) is 3. The van der Waals surface area contributed by atoms with E-state index in [4.69, 9.17) is 5.73 Å². The van der Waals surface area contributed by atoms with E-state index in [2.05, 4.69) is 40.2 Å². The molecule has 3 N–H and O–H groups in total. The van der Waals surface area contributed by atoms with Gasteiger partial charge in [-0.1, -0.05) is 47.4 Å². The predicted octanol–water partition coefficient (Wildman–Crippen LogP) is 4.27. The number of aromatic nitrogens is 3. The van der Waals surface area contributed by atoms with Crippen molar-refractivity contribution in [3.63, 3.8) is 0 Å². The second kappa shape index (κ2) is 7.95. The molecule has 0 aliphatic heterocycles. The van der Waals surface area contributed by atoms with Crippen LogP contribution >= 0.6 is 23.1 Å². The van der Waals surface area contributed by atoms with Gasteiger partial charge in [-0.05, 0) is 31.7 Å². The maximum atomic E-state index is 5.89. The van der Waals surface area contributed by atoms with Crippen LogP contribution in [0.25, 0.3) is 21.8 Å². The average molecular weight is 372 g/mol. The minimum atomic E-state index is 0.346. The zero-order valence-corrected chi connectivity index (χ0v) is 16.1. The van der Waals surface area contributed by atoms with Crippen molar-refractivity contribution in [3.8, 4) is 21.8 Å². The van der Waals surface area contributed by atoms with E-state index in [-0.39, 0.29) is 0 Å². The van der Waals surface area contributed by atoms with E-state index < -0.39 is 0 Å². The standard InChI is InChI=1S/C18H21N5S2/c1-11(2)21-17-20-10-16(25-17)15-8-14(22-18(23-15)24-3)13-7-5-4-6-12(13)9-19/h4-8,10-11H,9,19H2,1-3H3,(H,20,21). The number of nitrogens with two attached hydrogens (primary N) is 1. The number of thiazole rings is 1. The zero-order valence-electron chi connectivity index (χ0n) is 14.5. The maximum Gasteiger partial charge on any atom is 0.188 e. The van der Waals surface area contributed by atoms with Crippen LogP contribution < -0.4 is 11.1 Å². The zero-order chi connectivity index (χ0) is 17.8. The van der Waals surface area contributed by atoms with Gasteiger partial charge in [-0.2, -0.15) is 0 Å². The molecule has 0 saturated heterocycles. The average Bonchev–Trinajstić information content (AvgIpc) is 3.09. The molecule has 0 aliphatic rings. The first-order chi connectivity index (χ1) is 12.1. The van der Waals surface area contributed by atoms with E-state index in [0.717, 1.165) is 37.7 Å². The van der Waals surface area contributed by atoms with Crippen LogP contribution in [0.2, 0.25) is 0 Å². The summed E-state index contributed by atoms with van der Waals surface area (Å²) in [6, 6.07) is 10.5. The van der Waals surface area contributed by atoms with E-state index >= 15 is 0 Å². The topological polar surface area (TPSA) is 76.7 Å². The number of anilines is 1. The molecular weight excluding hydrogens is 350 g/mol. The van der Waals surface area contributed by atoms with Gasteiger partial charge < -0.3 is 11.1 Å². The van der Waals surface area contributed by atoms with Gasteiger partial charge in [0, 0.05) is 24.3 Å². The molecule has 7 heteroatoms. The summed E-state index contributed by atoms with van der Waals surface area (Å²) >= 11 is 3.13. The Labute approximate surface area is 156 Å². The van der Waals surface area contributed by atoms with Gasteiger partial charge in [-0.3, -0.25) is 0 Å². The number of rotatable bonds is 6. The molecular formula is C18H21N5S2. The van der Waals surface area contributed by atoms with Gasteiger partial charge in [0.05, 0.1) is 16.3 Å². The lowest BCUT2D eigenvalue weighted by molar-refractivity contribution is 0.896. The maximum absolute atomic E-state index is 5.89. The molecule has 2 heterocycles. The molecule has 0 fully saturated rings. The van der Waals surface area contributed by atoms with Crippen LogP contribution in [0.4, 0.5) is 5.13 Å². The van der Waals surface area contributed by atoms with Crippen molar-refractivity contribution in [1.82, 2.24) is 15.0 Å². The number of nitrogens with one attached hydrogen (secondary N) is 1. The SMILES string of the molecule is CSc1nc(-c2cnc(NC(C)C)s2)cc(-c2ccccc2CN)n1. The molecule has 0 aliphatic carbocycles. The first-order valence-corrected chi connectivity index (χ1v) is 10.1. The second-order valence-electron chi connectivity index (χ2n) is 5.82. The highest BCUT2D eigenvalue weighted by Crippen LogP contribution is 2.32. The quantitative estimate of drug-likeness (QED) is 0.498. The van der Waals surface area contributed by atoms with Gasteiger partial charge in [-0.25, -0.2) is 15.0 Å². The first kappa shape index (κ1) is 17.8. The fourth-order valence-corrected chi connectivity index (χ4v) is 3.74. The summed E-state index contributed by atoms with van der Waals surface area (Å²) < 4.78 is 0.